The van der Waals surface area contributed by atoms with Crippen molar-refractivity contribution in [2.45, 2.75) is 0 Å². The number of anilines is 1. The molecule has 0 aromatic heterocycles. The molecule has 0 spiro atoms. The maximum atomic E-state index is 6.17. The highest BCUT2D eigenvalue weighted by atomic mass is 79.9. The van der Waals surface area contributed by atoms with Crippen LogP contribution in [0.2, 0.25) is 0 Å². The van der Waals surface area contributed by atoms with Gasteiger partial charge < -0.3 is 5.73 Å². The van der Waals surface area contributed by atoms with E-state index in [1.807, 2.05) is 42.5 Å². The van der Waals surface area contributed by atoms with Gasteiger partial charge in [0.1, 0.15) is 0 Å². The molecule has 0 fully saturated rings. The van der Waals surface area contributed by atoms with E-state index in [9.17, 15) is 0 Å². The lowest BCUT2D eigenvalue weighted by Gasteiger charge is -2.13. The Morgan fingerprint density at radius 2 is 1.20 bits per heavy atom. The van der Waals surface area contributed by atoms with Crippen LogP contribution in [0.25, 0.3) is 22.3 Å². The summed E-state index contributed by atoms with van der Waals surface area (Å²) < 4.78 is 1.04. The molecule has 0 atom stereocenters. The molecule has 3 rings (SSSR count). The first-order valence-electron chi connectivity index (χ1n) is 6.46. The second kappa shape index (κ2) is 5.51. The summed E-state index contributed by atoms with van der Waals surface area (Å²) in [4.78, 5) is 0. The fourth-order valence-electron chi connectivity index (χ4n) is 2.33. The molecule has 0 saturated heterocycles. The maximum Gasteiger partial charge on any atom is 0.0405 e. The molecule has 3 aromatic rings. The fraction of sp³-hybridized carbons (Fsp3) is 0. The molecular formula is C18H14BrN. The molecule has 0 aliphatic rings. The second-order valence-corrected chi connectivity index (χ2v) is 5.42. The SMILES string of the molecule is Nc1ccc(-c2ccccc2)c(Br)c1-c1ccccc1. The number of halogens is 1. The number of hydrogen-bond donors (Lipinski definition) is 1. The van der Waals surface area contributed by atoms with E-state index in [1.54, 1.807) is 0 Å². The Morgan fingerprint density at radius 1 is 0.650 bits per heavy atom. The molecule has 0 aliphatic heterocycles. The Bertz CT molecular complexity index is 721. The van der Waals surface area contributed by atoms with Gasteiger partial charge in [-0.25, -0.2) is 0 Å². The lowest BCUT2D eigenvalue weighted by molar-refractivity contribution is 1.55. The molecular weight excluding hydrogens is 310 g/mol. The van der Waals surface area contributed by atoms with Crippen LogP contribution in [0.5, 0.6) is 0 Å². The van der Waals surface area contributed by atoms with Crippen LogP contribution in [0.15, 0.2) is 77.3 Å². The van der Waals surface area contributed by atoms with Gasteiger partial charge in [0.2, 0.25) is 0 Å². The van der Waals surface area contributed by atoms with Crippen molar-refractivity contribution in [1.29, 1.82) is 0 Å². The van der Waals surface area contributed by atoms with Crippen LogP contribution in [-0.2, 0) is 0 Å². The van der Waals surface area contributed by atoms with Crippen molar-refractivity contribution in [2.75, 3.05) is 5.73 Å². The average molecular weight is 324 g/mol. The summed E-state index contributed by atoms with van der Waals surface area (Å²) in [6.45, 7) is 0. The zero-order valence-electron chi connectivity index (χ0n) is 10.9. The third kappa shape index (κ3) is 2.35. The van der Waals surface area contributed by atoms with Gasteiger partial charge >= 0.3 is 0 Å². The van der Waals surface area contributed by atoms with Crippen LogP contribution in [0.4, 0.5) is 5.69 Å². The lowest BCUT2D eigenvalue weighted by atomic mass is 9.97. The van der Waals surface area contributed by atoms with E-state index < -0.39 is 0 Å². The number of nitrogens with two attached hydrogens (primary N) is 1. The third-order valence-corrected chi connectivity index (χ3v) is 4.15. The molecule has 0 radical (unpaired) electrons. The number of nitrogen functional groups attached to an aromatic ring is 1. The van der Waals surface area contributed by atoms with Crippen molar-refractivity contribution in [3.63, 3.8) is 0 Å². The van der Waals surface area contributed by atoms with Gasteiger partial charge in [-0.05, 0) is 38.7 Å². The maximum absolute atomic E-state index is 6.17. The smallest absolute Gasteiger partial charge is 0.0405 e. The van der Waals surface area contributed by atoms with Crippen molar-refractivity contribution < 1.29 is 0 Å². The van der Waals surface area contributed by atoms with E-state index in [0.29, 0.717) is 0 Å². The molecule has 3 aromatic carbocycles. The second-order valence-electron chi connectivity index (χ2n) is 4.62. The minimum atomic E-state index is 0.780. The van der Waals surface area contributed by atoms with E-state index >= 15 is 0 Å². The van der Waals surface area contributed by atoms with Gasteiger partial charge in [-0.2, -0.15) is 0 Å². The van der Waals surface area contributed by atoms with Crippen molar-refractivity contribution in [1.82, 2.24) is 0 Å². The highest BCUT2D eigenvalue weighted by Crippen LogP contribution is 2.40. The molecule has 20 heavy (non-hydrogen) atoms. The first-order valence-corrected chi connectivity index (χ1v) is 7.25. The van der Waals surface area contributed by atoms with Crippen LogP contribution in [0.3, 0.4) is 0 Å². The quantitative estimate of drug-likeness (QED) is 0.631. The standard InChI is InChI=1S/C18H14BrN/c19-18-15(13-7-3-1-4-8-13)11-12-16(20)17(18)14-9-5-2-6-10-14/h1-12H,20H2. The molecule has 0 amide bonds. The summed E-state index contributed by atoms with van der Waals surface area (Å²) in [5.74, 6) is 0. The zero-order chi connectivity index (χ0) is 13.9. The summed E-state index contributed by atoms with van der Waals surface area (Å²) in [6, 6.07) is 24.5. The van der Waals surface area contributed by atoms with E-state index in [4.69, 9.17) is 5.73 Å². The lowest BCUT2D eigenvalue weighted by Crippen LogP contribution is -1.93. The molecule has 1 nitrogen and oxygen atoms in total. The largest absolute Gasteiger partial charge is 0.398 e. The summed E-state index contributed by atoms with van der Waals surface area (Å²) in [7, 11) is 0. The number of rotatable bonds is 2. The van der Waals surface area contributed by atoms with Crippen LogP contribution in [0.1, 0.15) is 0 Å². The highest BCUT2D eigenvalue weighted by molar-refractivity contribution is 9.10. The van der Waals surface area contributed by atoms with Gasteiger partial charge in [0.15, 0.2) is 0 Å². The van der Waals surface area contributed by atoms with Crippen LogP contribution < -0.4 is 5.73 Å². The molecule has 2 N–H and O–H groups in total. The van der Waals surface area contributed by atoms with Crippen LogP contribution in [-0.4, -0.2) is 0 Å². The Balaban J connectivity index is 2.22. The van der Waals surface area contributed by atoms with Crippen molar-refractivity contribution in [3.8, 4) is 22.3 Å². The summed E-state index contributed by atoms with van der Waals surface area (Å²) >= 11 is 3.73. The molecule has 98 valence electrons. The van der Waals surface area contributed by atoms with Crippen molar-refractivity contribution >= 4 is 21.6 Å². The molecule has 0 aliphatic carbocycles. The van der Waals surface area contributed by atoms with E-state index in [0.717, 1.165) is 26.9 Å². The van der Waals surface area contributed by atoms with Crippen molar-refractivity contribution in [3.05, 3.63) is 77.3 Å². The Hall–Kier alpha value is -2.06. The van der Waals surface area contributed by atoms with E-state index in [2.05, 4.69) is 46.3 Å². The highest BCUT2D eigenvalue weighted by Gasteiger charge is 2.12. The van der Waals surface area contributed by atoms with Crippen LogP contribution >= 0.6 is 15.9 Å². The summed E-state index contributed by atoms with van der Waals surface area (Å²) in [6.07, 6.45) is 0. The Morgan fingerprint density at radius 3 is 1.80 bits per heavy atom. The number of benzene rings is 3. The average Bonchev–Trinajstić information content (AvgIpc) is 2.49. The Labute approximate surface area is 127 Å². The third-order valence-electron chi connectivity index (χ3n) is 3.32. The molecule has 0 unspecified atom stereocenters. The predicted octanol–water partition coefficient (Wildman–Crippen LogP) is 5.37. The number of hydrogen-bond acceptors (Lipinski definition) is 1. The monoisotopic (exact) mass is 323 g/mol. The van der Waals surface area contributed by atoms with E-state index in [-0.39, 0.29) is 0 Å². The zero-order valence-corrected chi connectivity index (χ0v) is 12.5. The van der Waals surface area contributed by atoms with Crippen molar-refractivity contribution in [2.24, 2.45) is 0 Å². The van der Waals surface area contributed by atoms with Gasteiger partial charge in [0, 0.05) is 15.7 Å². The van der Waals surface area contributed by atoms with Crippen LogP contribution in [0, 0.1) is 0 Å². The molecule has 0 bridgehead atoms. The summed E-state index contributed by atoms with van der Waals surface area (Å²) in [5.41, 5.74) is 11.4. The fourth-order valence-corrected chi connectivity index (χ4v) is 3.15. The molecule has 2 heteroatoms. The minimum absolute atomic E-state index is 0.780. The first-order chi connectivity index (χ1) is 9.77. The molecule has 0 saturated carbocycles. The van der Waals surface area contributed by atoms with Gasteiger partial charge in [-0.3, -0.25) is 0 Å². The Kier molecular flexibility index (Phi) is 3.57. The minimum Gasteiger partial charge on any atom is -0.398 e. The van der Waals surface area contributed by atoms with Gasteiger partial charge in [-0.1, -0.05) is 66.7 Å². The van der Waals surface area contributed by atoms with Gasteiger partial charge in [0.05, 0.1) is 0 Å². The van der Waals surface area contributed by atoms with E-state index in [1.165, 1.54) is 5.56 Å². The summed E-state index contributed by atoms with van der Waals surface area (Å²) in [5, 5.41) is 0. The topological polar surface area (TPSA) is 26.0 Å². The predicted molar refractivity (Wildman–Crippen MR) is 89.4 cm³/mol. The first kappa shape index (κ1) is 12.9. The van der Waals surface area contributed by atoms with Gasteiger partial charge in [-0.15, -0.1) is 0 Å². The van der Waals surface area contributed by atoms with Gasteiger partial charge in [0.25, 0.3) is 0 Å². The molecule has 0 heterocycles. The normalized spacial score (nSPS) is 10.4.